The molecule has 0 saturated heterocycles. The Morgan fingerprint density at radius 1 is 0.649 bits per heavy atom. The molecule has 4 aromatic rings. The average Bonchev–Trinajstić information content (AvgIpc) is 3.30. The predicted octanol–water partition coefficient (Wildman–Crippen LogP) is 6.53. The van der Waals surface area contributed by atoms with Gasteiger partial charge in [0.1, 0.15) is 34.5 Å². The second-order valence-corrected chi connectivity index (χ2v) is 8.35. The Kier molecular flexibility index (Phi) is 11.3. The number of hydrogen-bond donors (Lipinski definition) is 4. The van der Waals surface area contributed by atoms with Gasteiger partial charge in [0, 0.05) is 22.1 Å². The van der Waals surface area contributed by atoms with Crippen molar-refractivity contribution in [3.63, 3.8) is 0 Å². The molecule has 0 saturated carbocycles. The van der Waals surface area contributed by atoms with Crippen LogP contribution >= 0.6 is 24.8 Å². The minimum atomic E-state index is 0. The Hall–Kier alpha value is -3.68. The highest BCUT2D eigenvalue weighted by atomic mass is 35.5. The number of nitrogens with one attached hydrogen (secondary N) is 2. The molecule has 1 aromatic heterocycles. The van der Waals surface area contributed by atoms with Crippen molar-refractivity contribution in [2.24, 2.45) is 11.5 Å². The highest BCUT2D eigenvalue weighted by molar-refractivity contribution is 5.98. The summed E-state index contributed by atoms with van der Waals surface area (Å²) in [6.45, 7) is 1.34. The first-order chi connectivity index (χ1) is 17.0. The van der Waals surface area contributed by atoms with Crippen molar-refractivity contribution in [3.8, 4) is 22.8 Å². The average molecular weight is 543 g/mol. The summed E-state index contributed by atoms with van der Waals surface area (Å²) in [5.41, 5.74) is 14.0. The summed E-state index contributed by atoms with van der Waals surface area (Å²) in [5, 5.41) is 16.0. The smallest absolute Gasteiger partial charge is 0.135 e. The number of halogens is 2. The van der Waals surface area contributed by atoms with Gasteiger partial charge in [-0.25, -0.2) is 0 Å². The van der Waals surface area contributed by atoms with Gasteiger partial charge in [0.2, 0.25) is 0 Å². The van der Waals surface area contributed by atoms with Crippen molar-refractivity contribution in [3.05, 3.63) is 83.9 Å². The Balaban J connectivity index is 0.00000241. The van der Waals surface area contributed by atoms with Crippen molar-refractivity contribution in [2.75, 3.05) is 13.2 Å². The van der Waals surface area contributed by atoms with E-state index in [0.29, 0.717) is 29.9 Å². The molecule has 9 heteroatoms. The summed E-state index contributed by atoms with van der Waals surface area (Å²) in [7, 11) is 0. The van der Waals surface area contributed by atoms with E-state index in [1.54, 1.807) is 18.2 Å². The van der Waals surface area contributed by atoms with Gasteiger partial charge in [-0.3, -0.25) is 10.8 Å². The van der Waals surface area contributed by atoms with Gasteiger partial charge in [-0.05, 0) is 86.3 Å². The zero-order valence-electron chi connectivity index (χ0n) is 20.4. The number of nitrogens with two attached hydrogens (primary N) is 2. The summed E-state index contributed by atoms with van der Waals surface area (Å²) in [6.07, 6.45) is 4.11. The van der Waals surface area contributed by atoms with E-state index in [4.69, 9.17) is 36.2 Å². The zero-order valence-corrected chi connectivity index (χ0v) is 22.0. The van der Waals surface area contributed by atoms with E-state index < -0.39 is 0 Å². The van der Waals surface area contributed by atoms with Gasteiger partial charge in [-0.15, -0.1) is 24.8 Å². The minimum Gasteiger partial charge on any atom is -0.494 e. The first kappa shape index (κ1) is 29.5. The fourth-order valence-corrected chi connectivity index (χ4v) is 3.72. The van der Waals surface area contributed by atoms with E-state index in [1.807, 2.05) is 54.6 Å². The number of amidine groups is 2. The Labute approximate surface area is 229 Å². The summed E-state index contributed by atoms with van der Waals surface area (Å²) < 4.78 is 17.6. The second kappa shape index (κ2) is 14.2. The molecule has 0 aliphatic heterocycles. The van der Waals surface area contributed by atoms with Gasteiger partial charge >= 0.3 is 0 Å². The molecule has 0 atom stereocenters. The van der Waals surface area contributed by atoms with Crippen molar-refractivity contribution in [1.29, 1.82) is 10.8 Å². The van der Waals surface area contributed by atoms with Gasteiger partial charge in [0.05, 0.1) is 13.2 Å². The normalized spacial score (nSPS) is 10.3. The van der Waals surface area contributed by atoms with E-state index in [-0.39, 0.29) is 36.5 Å². The molecule has 0 radical (unpaired) electrons. The summed E-state index contributed by atoms with van der Waals surface area (Å²) in [6, 6.07) is 22.7. The van der Waals surface area contributed by atoms with Gasteiger partial charge < -0.3 is 25.4 Å². The Bertz CT molecular complexity index is 1310. The molecule has 0 bridgehead atoms. The molecule has 4 rings (SSSR count). The maximum absolute atomic E-state index is 7.57. The molecule has 3 aromatic carbocycles. The standard InChI is InChI=1S/C28H30N4O3.2ClH/c29-27(30)20-9-13-24(14-10-20)34-16-4-2-1-3-15-33-23-11-7-19(8-12-23)25-17-21-5-6-22(28(31)32)18-26(21)35-25;;/h5-14,17-18H,1-4,15-16H2,(H3,29,30)(H3,31,32);2*1H. The fourth-order valence-electron chi connectivity index (χ4n) is 3.72. The van der Waals surface area contributed by atoms with Crippen LogP contribution in [0, 0.1) is 10.8 Å². The number of benzene rings is 3. The van der Waals surface area contributed by atoms with Crippen LogP contribution in [0.25, 0.3) is 22.3 Å². The third kappa shape index (κ3) is 8.17. The van der Waals surface area contributed by atoms with Crippen LogP contribution < -0.4 is 20.9 Å². The number of furan rings is 1. The molecule has 0 spiro atoms. The van der Waals surface area contributed by atoms with Crippen LogP contribution in [-0.2, 0) is 0 Å². The molecular weight excluding hydrogens is 511 g/mol. The number of unbranched alkanes of at least 4 members (excludes halogenated alkanes) is 3. The monoisotopic (exact) mass is 542 g/mol. The number of hydrogen-bond acceptors (Lipinski definition) is 5. The molecule has 7 nitrogen and oxygen atoms in total. The van der Waals surface area contributed by atoms with Crippen LogP contribution in [0.4, 0.5) is 0 Å². The zero-order chi connectivity index (χ0) is 24.6. The van der Waals surface area contributed by atoms with Crippen LogP contribution in [0.15, 0.2) is 77.2 Å². The van der Waals surface area contributed by atoms with Crippen LogP contribution in [0.1, 0.15) is 36.8 Å². The molecule has 0 fully saturated rings. The topological polar surface area (TPSA) is 131 Å². The van der Waals surface area contributed by atoms with Crippen LogP contribution in [0.5, 0.6) is 11.5 Å². The molecule has 0 amide bonds. The van der Waals surface area contributed by atoms with E-state index in [9.17, 15) is 0 Å². The van der Waals surface area contributed by atoms with Gasteiger partial charge in [-0.1, -0.05) is 12.1 Å². The summed E-state index contributed by atoms with van der Waals surface area (Å²) in [4.78, 5) is 0. The third-order valence-corrected chi connectivity index (χ3v) is 5.71. The lowest BCUT2D eigenvalue weighted by Gasteiger charge is -2.08. The van der Waals surface area contributed by atoms with Gasteiger partial charge in [0.25, 0.3) is 0 Å². The van der Waals surface area contributed by atoms with Crippen molar-refractivity contribution >= 4 is 47.5 Å². The first-order valence-corrected chi connectivity index (χ1v) is 11.7. The fraction of sp³-hybridized carbons (Fsp3) is 0.214. The van der Waals surface area contributed by atoms with Crippen molar-refractivity contribution < 1.29 is 13.9 Å². The maximum atomic E-state index is 7.57. The minimum absolute atomic E-state index is 0. The Morgan fingerprint density at radius 3 is 1.70 bits per heavy atom. The maximum Gasteiger partial charge on any atom is 0.135 e. The number of rotatable bonds is 12. The lowest BCUT2D eigenvalue weighted by atomic mass is 10.1. The molecule has 196 valence electrons. The molecule has 6 N–H and O–H groups in total. The van der Waals surface area contributed by atoms with E-state index >= 15 is 0 Å². The summed E-state index contributed by atoms with van der Waals surface area (Å²) in [5.74, 6) is 2.48. The molecule has 0 aliphatic rings. The quantitative estimate of drug-likeness (QED) is 0.0917. The lowest BCUT2D eigenvalue weighted by Crippen LogP contribution is -2.10. The van der Waals surface area contributed by atoms with E-state index in [0.717, 1.165) is 53.9 Å². The van der Waals surface area contributed by atoms with Gasteiger partial charge in [0.15, 0.2) is 0 Å². The van der Waals surface area contributed by atoms with Crippen LogP contribution in [0.3, 0.4) is 0 Å². The second-order valence-electron chi connectivity index (χ2n) is 8.35. The van der Waals surface area contributed by atoms with E-state index in [2.05, 4.69) is 0 Å². The highest BCUT2D eigenvalue weighted by Gasteiger charge is 2.08. The number of ether oxygens (including phenoxy) is 2. The Morgan fingerprint density at radius 2 is 1.16 bits per heavy atom. The van der Waals surface area contributed by atoms with Crippen molar-refractivity contribution in [2.45, 2.75) is 25.7 Å². The lowest BCUT2D eigenvalue weighted by molar-refractivity contribution is 0.287. The molecule has 0 aliphatic carbocycles. The van der Waals surface area contributed by atoms with Gasteiger partial charge in [-0.2, -0.15) is 0 Å². The summed E-state index contributed by atoms with van der Waals surface area (Å²) >= 11 is 0. The number of nitrogen functional groups attached to an aromatic ring is 2. The molecular formula is C28H32Cl2N4O3. The molecule has 37 heavy (non-hydrogen) atoms. The first-order valence-electron chi connectivity index (χ1n) is 11.7. The third-order valence-electron chi connectivity index (χ3n) is 5.71. The molecule has 0 unspecified atom stereocenters. The highest BCUT2D eigenvalue weighted by Crippen LogP contribution is 2.29. The predicted molar refractivity (Wildman–Crippen MR) is 154 cm³/mol. The van der Waals surface area contributed by atoms with Crippen LogP contribution in [-0.4, -0.2) is 24.9 Å². The number of fused-ring (bicyclic) bond motifs is 1. The van der Waals surface area contributed by atoms with Crippen molar-refractivity contribution in [1.82, 2.24) is 0 Å². The SMILES string of the molecule is Cl.Cl.N=C(N)c1ccc(OCCCCCCOc2ccc(-c3cc4ccc(C(=N)N)cc4o3)cc2)cc1. The van der Waals surface area contributed by atoms with Crippen LogP contribution in [0.2, 0.25) is 0 Å². The molecule has 1 heterocycles. The van der Waals surface area contributed by atoms with E-state index in [1.165, 1.54) is 0 Å². The largest absolute Gasteiger partial charge is 0.494 e.